The van der Waals surface area contributed by atoms with E-state index in [0.29, 0.717) is 5.22 Å². The highest BCUT2D eigenvalue weighted by Gasteiger charge is 2.29. The molecule has 2 fully saturated rings. The van der Waals surface area contributed by atoms with Crippen molar-refractivity contribution in [1.82, 2.24) is 14.7 Å². The van der Waals surface area contributed by atoms with Crippen LogP contribution in [0.3, 0.4) is 0 Å². The molecule has 0 amide bonds. The van der Waals surface area contributed by atoms with Crippen LogP contribution in [0.2, 0.25) is 5.22 Å². The van der Waals surface area contributed by atoms with Gasteiger partial charge in [-0.3, -0.25) is 9.80 Å². The molecular formula is C14H22ClN3O. The van der Waals surface area contributed by atoms with Crippen molar-refractivity contribution in [3.8, 4) is 0 Å². The molecule has 0 aromatic carbocycles. The number of hydrogen-bond donors (Lipinski definition) is 0. The maximum absolute atomic E-state index is 5.81. The molecule has 106 valence electrons. The maximum Gasteiger partial charge on any atom is 0.193 e. The molecule has 0 bridgehead atoms. The third kappa shape index (κ3) is 3.31. The van der Waals surface area contributed by atoms with E-state index >= 15 is 0 Å². The Morgan fingerprint density at radius 2 is 2.00 bits per heavy atom. The summed E-state index contributed by atoms with van der Waals surface area (Å²) in [5.74, 6) is 0.976. The van der Waals surface area contributed by atoms with Crippen molar-refractivity contribution in [2.24, 2.45) is 0 Å². The van der Waals surface area contributed by atoms with Gasteiger partial charge >= 0.3 is 0 Å². The van der Waals surface area contributed by atoms with Gasteiger partial charge in [0, 0.05) is 45.3 Å². The molecule has 5 heteroatoms. The molecule has 2 aliphatic rings. The molecule has 0 saturated carbocycles. The van der Waals surface area contributed by atoms with Crippen molar-refractivity contribution in [3.63, 3.8) is 0 Å². The van der Waals surface area contributed by atoms with E-state index in [1.54, 1.807) is 0 Å². The molecule has 19 heavy (non-hydrogen) atoms. The Bertz CT molecular complexity index is 415. The Balaban J connectivity index is 1.50. The van der Waals surface area contributed by atoms with E-state index in [2.05, 4.69) is 21.7 Å². The first-order chi connectivity index (χ1) is 9.20. The van der Waals surface area contributed by atoms with Crippen molar-refractivity contribution in [2.75, 3.05) is 46.3 Å². The van der Waals surface area contributed by atoms with Crippen molar-refractivity contribution in [2.45, 2.75) is 19.0 Å². The first kappa shape index (κ1) is 13.4. The molecule has 4 nitrogen and oxygen atoms in total. The summed E-state index contributed by atoms with van der Waals surface area (Å²) in [7, 11) is 2.21. The second kappa shape index (κ2) is 5.83. The summed E-state index contributed by atoms with van der Waals surface area (Å²) in [4.78, 5) is 7.53. The van der Waals surface area contributed by atoms with Gasteiger partial charge in [0.1, 0.15) is 5.76 Å². The molecule has 1 atom stereocenters. The zero-order valence-corrected chi connectivity index (χ0v) is 12.3. The van der Waals surface area contributed by atoms with Crippen LogP contribution in [0.25, 0.3) is 0 Å². The van der Waals surface area contributed by atoms with Gasteiger partial charge in [-0.15, -0.1) is 0 Å². The average Bonchev–Trinajstić information content (AvgIpc) is 3.00. The molecule has 1 aromatic heterocycles. The van der Waals surface area contributed by atoms with Crippen molar-refractivity contribution < 1.29 is 4.42 Å². The predicted molar refractivity (Wildman–Crippen MR) is 76.5 cm³/mol. The molecule has 1 unspecified atom stereocenters. The Morgan fingerprint density at radius 3 is 2.68 bits per heavy atom. The van der Waals surface area contributed by atoms with Gasteiger partial charge in [-0.05, 0) is 37.2 Å². The van der Waals surface area contributed by atoms with Gasteiger partial charge in [0.25, 0.3) is 0 Å². The largest absolute Gasteiger partial charge is 0.448 e. The lowest BCUT2D eigenvalue weighted by molar-refractivity contribution is 0.112. The number of likely N-dealkylation sites (tertiary alicyclic amines) is 1. The van der Waals surface area contributed by atoms with Gasteiger partial charge in [0.15, 0.2) is 5.22 Å². The highest BCUT2D eigenvalue weighted by atomic mass is 35.5. The SMILES string of the molecule is CN1CCN(C2CCN(Cc3ccc(Cl)o3)C2)CC1. The molecule has 2 aliphatic heterocycles. The molecular weight excluding hydrogens is 262 g/mol. The smallest absolute Gasteiger partial charge is 0.193 e. The maximum atomic E-state index is 5.81. The van der Waals surface area contributed by atoms with Crippen molar-refractivity contribution >= 4 is 11.6 Å². The number of furan rings is 1. The number of nitrogens with zero attached hydrogens (tertiary/aromatic N) is 3. The van der Waals surface area contributed by atoms with Crippen LogP contribution in [-0.2, 0) is 6.54 Å². The van der Waals surface area contributed by atoms with E-state index in [-0.39, 0.29) is 0 Å². The van der Waals surface area contributed by atoms with E-state index in [4.69, 9.17) is 16.0 Å². The Morgan fingerprint density at radius 1 is 1.21 bits per heavy atom. The first-order valence-corrected chi connectivity index (χ1v) is 7.47. The summed E-state index contributed by atoms with van der Waals surface area (Å²) in [5.41, 5.74) is 0. The minimum absolute atomic E-state index is 0.491. The second-order valence-corrected chi connectivity index (χ2v) is 6.10. The topological polar surface area (TPSA) is 22.9 Å². The lowest BCUT2D eigenvalue weighted by atomic mass is 10.2. The van der Waals surface area contributed by atoms with E-state index in [1.807, 2.05) is 12.1 Å². The number of halogens is 1. The standard InChI is InChI=1S/C14H22ClN3O/c1-16-6-8-18(9-7-16)12-4-5-17(10-12)11-13-2-3-14(15)19-13/h2-3,12H,4-11H2,1H3. The van der Waals surface area contributed by atoms with Crippen LogP contribution in [0.4, 0.5) is 0 Å². The summed E-state index contributed by atoms with van der Waals surface area (Å²) in [5, 5.41) is 0.491. The lowest BCUT2D eigenvalue weighted by Gasteiger charge is -2.36. The van der Waals surface area contributed by atoms with E-state index in [9.17, 15) is 0 Å². The lowest BCUT2D eigenvalue weighted by Crippen LogP contribution is -2.49. The third-order valence-corrected chi connectivity index (χ3v) is 4.51. The van der Waals surface area contributed by atoms with E-state index in [1.165, 1.54) is 32.6 Å². The van der Waals surface area contributed by atoms with E-state index < -0.39 is 0 Å². The molecule has 3 rings (SSSR count). The Labute approximate surface area is 119 Å². The molecule has 0 N–H and O–H groups in total. The third-order valence-electron chi connectivity index (χ3n) is 4.31. The van der Waals surface area contributed by atoms with Gasteiger partial charge in [-0.2, -0.15) is 0 Å². The van der Waals surface area contributed by atoms with Gasteiger partial charge in [-0.25, -0.2) is 0 Å². The van der Waals surface area contributed by atoms with E-state index in [0.717, 1.165) is 31.4 Å². The van der Waals surface area contributed by atoms with Gasteiger partial charge in [0.2, 0.25) is 0 Å². The summed E-state index contributed by atoms with van der Waals surface area (Å²) in [6.45, 7) is 8.02. The fourth-order valence-electron chi connectivity index (χ4n) is 3.10. The van der Waals surface area contributed by atoms with Crippen molar-refractivity contribution in [3.05, 3.63) is 23.1 Å². The molecule has 0 spiro atoms. The molecule has 3 heterocycles. The molecule has 0 radical (unpaired) electrons. The van der Waals surface area contributed by atoms with Gasteiger partial charge in [0.05, 0.1) is 6.54 Å². The highest BCUT2D eigenvalue weighted by Crippen LogP contribution is 2.21. The quantitative estimate of drug-likeness (QED) is 0.843. The molecule has 2 saturated heterocycles. The predicted octanol–water partition coefficient (Wildman–Crippen LogP) is 1.75. The Kier molecular flexibility index (Phi) is 4.12. The number of rotatable bonds is 3. The minimum atomic E-state index is 0.491. The number of hydrogen-bond acceptors (Lipinski definition) is 4. The highest BCUT2D eigenvalue weighted by molar-refractivity contribution is 6.28. The van der Waals surface area contributed by atoms with Crippen LogP contribution in [-0.4, -0.2) is 67.1 Å². The summed E-state index contributed by atoms with van der Waals surface area (Å²) >= 11 is 5.81. The fraction of sp³-hybridized carbons (Fsp3) is 0.714. The average molecular weight is 284 g/mol. The minimum Gasteiger partial charge on any atom is -0.448 e. The van der Waals surface area contributed by atoms with Crippen LogP contribution >= 0.6 is 11.6 Å². The monoisotopic (exact) mass is 283 g/mol. The van der Waals surface area contributed by atoms with Gasteiger partial charge < -0.3 is 9.32 Å². The van der Waals surface area contributed by atoms with Crippen LogP contribution in [0.1, 0.15) is 12.2 Å². The zero-order chi connectivity index (χ0) is 13.2. The van der Waals surface area contributed by atoms with Crippen LogP contribution in [0.15, 0.2) is 16.5 Å². The number of likely N-dealkylation sites (N-methyl/N-ethyl adjacent to an activating group) is 1. The normalized spacial score (nSPS) is 27.2. The Hall–Kier alpha value is -0.550. The first-order valence-electron chi connectivity index (χ1n) is 7.10. The molecule has 0 aliphatic carbocycles. The summed E-state index contributed by atoms with van der Waals surface area (Å²) in [6.07, 6.45) is 1.28. The fourth-order valence-corrected chi connectivity index (χ4v) is 3.26. The van der Waals surface area contributed by atoms with Crippen LogP contribution in [0, 0.1) is 0 Å². The number of piperazine rings is 1. The summed E-state index contributed by atoms with van der Waals surface area (Å²) in [6, 6.07) is 4.52. The zero-order valence-electron chi connectivity index (χ0n) is 11.5. The molecule has 1 aromatic rings. The summed E-state index contributed by atoms with van der Waals surface area (Å²) < 4.78 is 5.44. The van der Waals surface area contributed by atoms with Crippen molar-refractivity contribution in [1.29, 1.82) is 0 Å². The van der Waals surface area contributed by atoms with Crippen LogP contribution < -0.4 is 0 Å². The van der Waals surface area contributed by atoms with Gasteiger partial charge in [-0.1, -0.05) is 0 Å². The van der Waals surface area contributed by atoms with Crippen LogP contribution in [0.5, 0.6) is 0 Å². The second-order valence-electron chi connectivity index (χ2n) is 5.72.